The van der Waals surface area contributed by atoms with Crippen molar-refractivity contribution in [1.29, 1.82) is 0 Å². The van der Waals surface area contributed by atoms with Gasteiger partial charge >= 0.3 is 0 Å². The van der Waals surface area contributed by atoms with Gasteiger partial charge in [-0.25, -0.2) is 4.39 Å². The van der Waals surface area contributed by atoms with Crippen LogP contribution in [0.25, 0.3) is 11.4 Å². The highest BCUT2D eigenvalue weighted by molar-refractivity contribution is 5.85. The molecule has 2 heterocycles. The average Bonchev–Trinajstić information content (AvgIpc) is 3.10. The van der Waals surface area contributed by atoms with Gasteiger partial charge in [-0.3, -0.25) is 4.79 Å². The van der Waals surface area contributed by atoms with Crippen molar-refractivity contribution < 1.29 is 13.7 Å². The Morgan fingerprint density at radius 1 is 1.36 bits per heavy atom. The molecule has 1 amide bonds. The minimum atomic E-state index is -0.304. The normalized spacial score (nSPS) is 17.2. The summed E-state index contributed by atoms with van der Waals surface area (Å²) in [6.45, 7) is 1.88. The second-order valence-electron chi connectivity index (χ2n) is 6.03. The third kappa shape index (κ3) is 4.76. The molecular weight excluding hydrogens is 347 g/mol. The van der Waals surface area contributed by atoms with Gasteiger partial charge in [-0.1, -0.05) is 5.16 Å². The molecular formula is C17H22ClFN4O2. The summed E-state index contributed by atoms with van der Waals surface area (Å²) in [4.78, 5) is 18.4. The van der Waals surface area contributed by atoms with Gasteiger partial charge in [-0.05, 0) is 50.1 Å². The maximum absolute atomic E-state index is 13.0. The molecule has 1 fully saturated rings. The van der Waals surface area contributed by atoms with Gasteiger partial charge in [0.25, 0.3) is 0 Å². The van der Waals surface area contributed by atoms with E-state index in [2.05, 4.69) is 10.1 Å². The Kier molecular flexibility index (Phi) is 6.90. The van der Waals surface area contributed by atoms with E-state index in [9.17, 15) is 9.18 Å². The van der Waals surface area contributed by atoms with Crippen LogP contribution in [0.1, 0.15) is 37.5 Å². The molecule has 2 aromatic rings. The van der Waals surface area contributed by atoms with Crippen LogP contribution in [0.15, 0.2) is 28.8 Å². The molecule has 25 heavy (non-hydrogen) atoms. The average molecular weight is 369 g/mol. The minimum Gasteiger partial charge on any atom is -0.342 e. The van der Waals surface area contributed by atoms with Crippen LogP contribution in [0.5, 0.6) is 0 Å². The van der Waals surface area contributed by atoms with Crippen LogP contribution in [0.2, 0.25) is 0 Å². The van der Waals surface area contributed by atoms with E-state index in [0.29, 0.717) is 43.2 Å². The number of amides is 1. The summed E-state index contributed by atoms with van der Waals surface area (Å²) in [5, 5.41) is 3.98. The first kappa shape index (κ1) is 19.3. The van der Waals surface area contributed by atoms with Crippen LogP contribution >= 0.6 is 12.4 Å². The zero-order chi connectivity index (χ0) is 16.9. The summed E-state index contributed by atoms with van der Waals surface area (Å²) in [5.74, 6) is 0.842. The van der Waals surface area contributed by atoms with Gasteiger partial charge in [0, 0.05) is 25.1 Å². The third-order valence-corrected chi connectivity index (χ3v) is 4.26. The largest absolute Gasteiger partial charge is 0.342 e. The van der Waals surface area contributed by atoms with Gasteiger partial charge in [0.15, 0.2) is 0 Å². The van der Waals surface area contributed by atoms with Gasteiger partial charge in [-0.15, -0.1) is 12.4 Å². The van der Waals surface area contributed by atoms with Crippen LogP contribution in [0.3, 0.4) is 0 Å². The summed E-state index contributed by atoms with van der Waals surface area (Å²) >= 11 is 0. The Bertz CT molecular complexity index is 692. The number of hydrogen-bond donors (Lipinski definition) is 1. The molecule has 8 heteroatoms. The number of benzene rings is 1. The van der Waals surface area contributed by atoms with Crippen LogP contribution < -0.4 is 5.73 Å². The Balaban J connectivity index is 0.00000225. The molecule has 1 aromatic carbocycles. The van der Waals surface area contributed by atoms with Crippen LogP contribution in [0.4, 0.5) is 4.39 Å². The Labute approximate surface area is 152 Å². The molecule has 3 rings (SSSR count). The fraction of sp³-hybridized carbons (Fsp3) is 0.471. The molecule has 1 unspecified atom stereocenters. The summed E-state index contributed by atoms with van der Waals surface area (Å²) in [6, 6.07) is 5.97. The van der Waals surface area contributed by atoms with E-state index in [1.54, 1.807) is 12.1 Å². The van der Waals surface area contributed by atoms with Crippen LogP contribution in [-0.4, -0.2) is 40.6 Å². The molecule has 1 atom stereocenters. The first-order valence-electron chi connectivity index (χ1n) is 8.25. The second-order valence-corrected chi connectivity index (χ2v) is 6.03. The number of piperidine rings is 1. The maximum Gasteiger partial charge on any atom is 0.231 e. The standard InChI is InChI=1S/C17H21FN4O2.ClH/c18-14-7-5-12(6-8-14)16-20-17(24-21-16)13-3-2-10-22(11-13)15(23)4-1-9-19;/h5-8,13H,1-4,9-11,19H2;1H. The van der Waals surface area contributed by atoms with E-state index >= 15 is 0 Å². The molecule has 0 bridgehead atoms. The SMILES string of the molecule is Cl.NCCCC(=O)N1CCCC(c2nc(-c3ccc(F)cc3)no2)C1. The summed E-state index contributed by atoms with van der Waals surface area (Å²) in [7, 11) is 0. The lowest BCUT2D eigenvalue weighted by molar-refractivity contribution is -0.132. The number of carbonyl (C=O) groups excluding carboxylic acids is 1. The zero-order valence-electron chi connectivity index (χ0n) is 13.9. The monoisotopic (exact) mass is 368 g/mol. The molecule has 1 saturated heterocycles. The van der Waals surface area contributed by atoms with Crippen molar-refractivity contribution in [2.75, 3.05) is 19.6 Å². The number of halogens is 2. The van der Waals surface area contributed by atoms with Crippen LogP contribution in [0, 0.1) is 5.82 Å². The molecule has 1 aliphatic rings. The van der Waals surface area contributed by atoms with E-state index < -0.39 is 0 Å². The highest BCUT2D eigenvalue weighted by Gasteiger charge is 2.28. The first-order valence-corrected chi connectivity index (χ1v) is 8.25. The molecule has 2 N–H and O–H groups in total. The van der Waals surface area contributed by atoms with Crippen molar-refractivity contribution in [3.8, 4) is 11.4 Å². The fourth-order valence-corrected chi connectivity index (χ4v) is 2.93. The van der Waals surface area contributed by atoms with E-state index in [0.717, 1.165) is 19.4 Å². The lowest BCUT2D eigenvalue weighted by Gasteiger charge is -2.31. The predicted molar refractivity (Wildman–Crippen MR) is 93.8 cm³/mol. The second kappa shape index (κ2) is 8.92. The number of nitrogens with zero attached hydrogens (tertiary/aromatic N) is 3. The molecule has 1 aromatic heterocycles. The number of likely N-dealkylation sites (tertiary alicyclic amines) is 1. The lowest BCUT2D eigenvalue weighted by Crippen LogP contribution is -2.39. The summed E-state index contributed by atoms with van der Waals surface area (Å²) in [5.41, 5.74) is 6.17. The summed E-state index contributed by atoms with van der Waals surface area (Å²) in [6.07, 6.45) is 3.00. The molecule has 1 aliphatic heterocycles. The topological polar surface area (TPSA) is 85.3 Å². The van der Waals surface area contributed by atoms with Gasteiger partial charge in [0.1, 0.15) is 5.82 Å². The van der Waals surface area contributed by atoms with Crippen molar-refractivity contribution in [1.82, 2.24) is 15.0 Å². The fourth-order valence-electron chi connectivity index (χ4n) is 2.93. The smallest absolute Gasteiger partial charge is 0.231 e. The predicted octanol–water partition coefficient (Wildman–Crippen LogP) is 2.74. The van der Waals surface area contributed by atoms with Gasteiger partial charge in [0.05, 0.1) is 5.92 Å². The highest BCUT2D eigenvalue weighted by atomic mass is 35.5. The Hall–Kier alpha value is -1.99. The molecule has 0 saturated carbocycles. The Morgan fingerprint density at radius 2 is 2.12 bits per heavy atom. The van der Waals surface area contributed by atoms with Crippen molar-refractivity contribution >= 4 is 18.3 Å². The van der Waals surface area contributed by atoms with Gasteiger partial charge in [-0.2, -0.15) is 4.98 Å². The van der Waals surface area contributed by atoms with Crippen molar-refractivity contribution in [2.45, 2.75) is 31.6 Å². The number of nitrogens with two attached hydrogens (primary N) is 1. The molecule has 0 spiro atoms. The number of rotatable bonds is 5. The Morgan fingerprint density at radius 3 is 2.84 bits per heavy atom. The number of aromatic nitrogens is 2. The molecule has 136 valence electrons. The summed E-state index contributed by atoms with van der Waals surface area (Å²) < 4.78 is 18.4. The first-order chi connectivity index (χ1) is 11.7. The van der Waals surface area contributed by atoms with Crippen molar-refractivity contribution in [3.05, 3.63) is 36.0 Å². The van der Waals surface area contributed by atoms with Crippen molar-refractivity contribution in [2.24, 2.45) is 5.73 Å². The van der Waals surface area contributed by atoms with Gasteiger partial charge < -0.3 is 15.2 Å². The maximum atomic E-state index is 13.0. The van der Waals surface area contributed by atoms with Crippen molar-refractivity contribution in [3.63, 3.8) is 0 Å². The third-order valence-electron chi connectivity index (χ3n) is 4.26. The van der Waals surface area contributed by atoms with E-state index in [1.165, 1.54) is 12.1 Å². The molecule has 0 radical (unpaired) electrons. The van der Waals surface area contributed by atoms with Crippen LogP contribution in [-0.2, 0) is 4.79 Å². The molecule has 0 aliphatic carbocycles. The number of carbonyl (C=O) groups is 1. The zero-order valence-corrected chi connectivity index (χ0v) is 14.7. The minimum absolute atomic E-state index is 0. The van der Waals surface area contributed by atoms with E-state index in [1.807, 2.05) is 4.90 Å². The quantitative estimate of drug-likeness (QED) is 0.877. The molecule has 6 nitrogen and oxygen atoms in total. The van der Waals surface area contributed by atoms with E-state index in [4.69, 9.17) is 10.3 Å². The van der Waals surface area contributed by atoms with Gasteiger partial charge in [0.2, 0.25) is 17.6 Å². The number of hydrogen-bond acceptors (Lipinski definition) is 5. The van der Waals surface area contributed by atoms with E-state index in [-0.39, 0.29) is 30.0 Å². The highest BCUT2D eigenvalue weighted by Crippen LogP contribution is 2.28. The lowest BCUT2D eigenvalue weighted by atomic mass is 9.97.